The number of pyridine rings is 1. The number of rotatable bonds is 11. The molecule has 0 bridgehead atoms. The second kappa shape index (κ2) is 12.4. The molecule has 10 nitrogen and oxygen atoms in total. The quantitative estimate of drug-likeness (QED) is 0.321. The predicted molar refractivity (Wildman–Crippen MR) is 142 cm³/mol. The number of halogens is 5. The molecule has 3 atom stereocenters. The summed E-state index contributed by atoms with van der Waals surface area (Å²) in [6.45, 7) is 0.685. The van der Waals surface area contributed by atoms with Crippen LogP contribution in [0.5, 0.6) is 5.75 Å². The van der Waals surface area contributed by atoms with Crippen molar-refractivity contribution >= 4 is 27.3 Å². The van der Waals surface area contributed by atoms with E-state index in [0.717, 1.165) is 18.5 Å². The third-order valence-corrected chi connectivity index (χ3v) is 9.19. The maximum absolute atomic E-state index is 13.4. The Labute approximate surface area is 240 Å². The second-order valence-electron chi connectivity index (χ2n) is 10.9. The first-order valence-electron chi connectivity index (χ1n) is 12.8. The molecule has 1 aliphatic rings. The first-order valence-corrected chi connectivity index (χ1v) is 15.1. The van der Waals surface area contributed by atoms with Crippen LogP contribution in [0.4, 0.5) is 17.6 Å². The minimum absolute atomic E-state index is 0.00884. The third kappa shape index (κ3) is 7.48. The first kappa shape index (κ1) is 33.0. The Hall–Kier alpha value is -2.49. The van der Waals surface area contributed by atoms with Crippen LogP contribution >= 0.6 is 11.6 Å². The van der Waals surface area contributed by atoms with E-state index in [2.05, 4.69) is 20.1 Å². The second-order valence-corrected chi connectivity index (χ2v) is 13.6. The van der Waals surface area contributed by atoms with Crippen LogP contribution in [0, 0.1) is 5.41 Å². The Balaban J connectivity index is 1.90. The number of alkyl halides is 4. The van der Waals surface area contributed by atoms with Crippen LogP contribution in [0.25, 0.3) is 11.3 Å². The highest BCUT2D eigenvalue weighted by Gasteiger charge is 2.44. The van der Waals surface area contributed by atoms with E-state index < -0.39 is 63.4 Å². The van der Waals surface area contributed by atoms with Gasteiger partial charge in [0, 0.05) is 49.1 Å². The van der Waals surface area contributed by atoms with Crippen molar-refractivity contribution in [2.45, 2.75) is 83.0 Å². The zero-order chi connectivity index (χ0) is 30.9. The lowest BCUT2D eigenvalue weighted by Gasteiger charge is -2.39. The van der Waals surface area contributed by atoms with Crippen molar-refractivity contribution in [2.24, 2.45) is 5.41 Å². The number of aliphatic hydroxyl groups is 2. The zero-order valence-corrected chi connectivity index (χ0v) is 24.4. The lowest BCUT2D eigenvalue weighted by atomic mass is 9.82. The summed E-state index contributed by atoms with van der Waals surface area (Å²) >= 11 is 6.50. The standard InChI is InChI=1S/C25H33ClF4N4O6S/c1-5-34-20(15-11-31-13(8-16(15)40-23(29)30)10-24(2,3)22(27)28)18(26)19(33-34)21(36)32-12-25(37)7-6-14(9-17(25)35)41(4,38)39/h8,11,14,17,22-23,35,37H,5-7,9-10,12H2,1-4H3,(H,32,36)/t14-,17-,25-/m1/s1. The molecule has 0 radical (unpaired) electrons. The molecule has 0 aliphatic heterocycles. The molecular weight excluding hydrogens is 596 g/mol. The molecule has 41 heavy (non-hydrogen) atoms. The zero-order valence-electron chi connectivity index (χ0n) is 22.9. The van der Waals surface area contributed by atoms with Gasteiger partial charge in [0.2, 0.25) is 6.43 Å². The van der Waals surface area contributed by atoms with Gasteiger partial charge in [-0.05, 0) is 26.2 Å². The lowest BCUT2D eigenvalue weighted by Crippen LogP contribution is -2.56. The molecule has 0 spiro atoms. The average Bonchev–Trinajstić information content (AvgIpc) is 3.19. The number of carbonyl (C=O) groups excluding carboxylic acids is 1. The fraction of sp³-hybridized carbons (Fsp3) is 0.640. The molecule has 1 saturated carbocycles. The molecule has 0 unspecified atom stereocenters. The third-order valence-electron chi connectivity index (χ3n) is 7.20. The molecule has 230 valence electrons. The van der Waals surface area contributed by atoms with E-state index in [4.69, 9.17) is 11.6 Å². The lowest BCUT2D eigenvalue weighted by molar-refractivity contribution is -0.0950. The Morgan fingerprint density at radius 2 is 2.00 bits per heavy atom. The van der Waals surface area contributed by atoms with Gasteiger partial charge in [-0.25, -0.2) is 17.2 Å². The predicted octanol–water partition coefficient (Wildman–Crippen LogP) is 3.47. The molecule has 2 aromatic rings. The Morgan fingerprint density at radius 3 is 2.54 bits per heavy atom. The Morgan fingerprint density at radius 1 is 1.34 bits per heavy atom. The molecule has 1 fully saturated rings. The van der Waals surface area contributed by atoms with Gasteiger partial charge in [0.1, 0.15) is 21.2 Å². The summed E-state index contributed by atoms with van der Waals surface area (Å²) in [6.07, 6.45) is -2.40. The molecule has 1 amide bonds. The number of sulfone groups is 1. The average molecular weight is 629 g/mol. The van der Waals surface area contributed by atoms with E-state index in [0.29, 0.717) is 0 Å². The molecule has 0 aromatic carbocycles. The van der Waals surface area contributed by atoms with Crippen LogP contribution in [0.15, 0.2) is 12.3 Å². The van der Waals surface area contributed by atoms with Crippen LogP contribution in [0.3, 0.4) is 0 Å². The number of aryl methyl sites for hydroxylation is 1. The van der Waals surface area contributed by atoms with Gasteiger partial charge in [-0.3, -0.25) is 14.5 Å². The largest absolute Gasteiger partial charge is 0.434 e. The number of hydrogen-bond acceptors (Lipinski definition) is 8. The Kier molecular flexibility index (Phi) is 9.98. The van der Waals surface area contributed by atoms with E-state index in [1.165, 1.54) is 18.5 Å². The summed E-state index contributed by atoms with van der Waals surface area (Å²) in [4.78, 5) is 17.2. The number of nitrogens with zero attached hydrogens (tertiary/aromatic N) is 3. The molecule has 3 N–H and O–H groups in total. The van der Waals surface area contributed by atoms with Crippen LogP contribution in [0.1, 0.15) is 56.2 Å². The summed E-state index contributed by atoms with van der Waals surface area (Å²) in [5.74, 6) is -1.26. The minimum atomic E-state index is -3.43. The number of carbonyl (C=O) groups is 1. The summed E-state index contributed by atoms with van der Waals surface area (Å²) in [6, 6.07) is 1.11. The topological polar surface area (TPSA) is 144 Å². The first-order chi connectivity index (χ1) is 18.9. The van der Waals surface area contributed by atoms with E-state index in [1.54, 1.807) is 6.92 Å². The van der Waals surface area contributed by atoms with E-state index in [1.807, 2.05) is 0 Å². The van der Waals surface area contributed by atoms with Gasteiger partial charge in [0.05, 0.1) is 27.6 Å². The summed E-state index contributed by atoms with van der Waals surface area (Å²) < 4.78 is 82.9. The highest BCUT2D eigenvalue weighted by Crippen LogP contribution is 2.39. The fourth-order valence-electron chi connectivity index (χ4n) is 4.64. The normalized spacial score (nSPS) is 21.9. The number of amides is 1. The van der Waals surface area contributed by atoms with Crippen molar-refractivity contribution in [1.82, 2.24) is 20.1 Å². The maximum atomic E-state index is 13.4. The molecule has 3 rings (SSSR count). The number of hydrogen-bond donors (Lipinski definition) is 3. The van der Waals surface area contributed by atoms with Crippen molar-refractivity contribution in [2.75, 3.05) is 12.8 Å². The highest BCUT2D eigenvalue weighted by atomic mass is 35.5. The molecule has 2 heterocycles. The van der Waals surface area contributed by atoms with Crippen LogP contribution in [0.2, 0.25) is 5.02 Å². The summed E-state index contributed by atoms with van der Waals surface area (Å²) in [7, 11) is -3.43. The van der Waals surface area contributed by atoms with Crippen molar-refractivity contribution < 1.29 is 45.7 Å². The molecular formula is C25H33ClF4N4O6S. The van der Waals surface area contributed by atoms with Crippen molar-refractivity contribution in [3.8, 4) is 17.0 Å². The number of aromatic nitrogens is 3. The van der Waals surface area contributed by atoms with Crippen molar-refractivity contribution in [3.63, 3.8) is 0 Å². The van der Waals surface area contributed by atoms with Crippen LogP contribution in [-0.4, -0.2) is 82.1 Å². The molecule has 2 aromatic heterocycles. The summed E-state index contributed by atoms with van der Waals surface area (Å²) in [5, 5.41) is 26.8. The van der Waals surface area contributed by atoms with Gasteiger partial charge >= 0.3 is 6.61 Å². The van der Waals surface area contributed by atoms with Crippen molar-refractivity contribution in [3.05, 3.63) is 28.7 Å². The maximum Gasteiger partial charge on any atom is 0.387 e. The van der Waals surface area contributed by atoms with Crippen molar-refractivity contribution in [1.29, 1.82) is 0 Å². The molecule has 1 aliphatic carbocycles. The van der Waals surface area contributed by atoms with E-state index in [9.17, 15) is 41.0 Å². The monoisotopic (exact) mass is 628 g/mol. The molecule has 0 saturated heterocycles. The minimum Gasteiger partial charge on any atom is -0.434 e. The van der Waals surface area contributed by atoms with Gasteiger partial charge < -0.3 is 20.3 Å². The number of ether oxygens (including phenoxy) is 1. The van der Waals surface area contributed by atoms with Gasteiger partial charge in [-0.15, -0.1) is 0 Å². The Bertz CT molecular complexity index is 1370. The van der Waals surface area contributed by atoms with E-state index >= 15 is 0 Å². The van der Waals surface area contributed by atoms with Gasteiger partial charge in [0.25, 0.3) is 5.91 Å². The number of aliphatic hydroxyl groups excluding tert-OH is 1. The van der Waals surface area contributed by atoms with Gasteiger partial charge in [-0.2, -0.15) is 13.9 Å². The summed E-state index contributed by atoms with van der Waals surface area (Å²) in [5.41, 5.74) is -3.60. The number of nitrogens with one attached hydrogen (secondary N) is 1. The van der Waals surface area contributed by atoms with E-state index in [-0.39, 0.29) is 59.9 Å². The van der Waals surface area contributed by atoms with Gasteiger partial charge in [-0.1, -0.05) is 25.4 Å². The highest BCUT2D eigenvalue weighted by molar-refractivity contribution is 7.91. The fourth-order valence-corrected chi connectivity index (χ4v) is 6.04. The van der Waals surface area contributed by atoms with Crippen LogP contribution < -0.4 is 10.1 Å². The van der Waals surface area contributed by atoms with Crippen LogP contribution in [-0.2, 0) is 22.8 Å². The smallest absolute Gasteiger partial charge is 0.387 e. The molecule has 16 heteroatoms. The SMILES string of the molecule is CCn1nc(C(=O)NC[C@]2(O)CC[C@@H](S(C)(=O)=O)C[C@H]2O)c(Cl)c1-c1cnc(CC(C)(C)C(F)F)cc1OC(F)F. The van der Waals surface area contributed by atoms with Gasteiger partial charge in [0.15, 0.2) is 5.69 Å².